The number of fused-ring (bicyclic) bond motifs is 1. The molecule has 4 heteroatoms. The zero-order valence-corrected chi connectivity index (χ0v) is 10.7. The molecule has 1 aliphatic carbocycles. The first-order valence-electron chi connectivity index (χ1n) is 6.38. The van der Waals surface area contributed by atoms with E-state index in [4.69, 9.17) is 4.74 Å². The number of ether oxygens (including phenoxy) is 1. The highest BCUT2D eigenvalue weighted by Gasteiger charge is 2.47. The maximum Gasteiger partial charge on any atom is 0.348 e. The molecule has 2 aromatic rings. The van der Waals surface area contributed by atoms with E-state index in [1.807, 2.05) is 25.1 Å². The zero-order valence-electron chi connectivity index (χ0n) is 10.7. The Bertz CT molecular complexity index is 647. The highest BCUT2D eigenvalue weighted by atomic mass is 16.5. The number of rotatable bonds is 3. The fraction of sp³-hybridized carbons (Fsp3) is 0.333. The van der Waals surface area contributed by atoms with Crippen molar-refractivity contribution in [2.45, 2.75) is 31.8 Å². The van der Waals surface area contributed by atoms with Crippen molar-refractivity contribution in [3.63, 3.8) is 0 Å². The Morgan fingerprint density at radius 2 is 2.16 bits per heavy atom. The number of aromatic nitrogens is 1. The first-order chi connectivity index (χ1) is 9.11. The van der Waals surface area contributed by atoms with Crippen LogP contribution in [0.1, 0.15) is 24.8 Å². The van der Waals surface area contributed by atoms with Gasteiger partial charge in [0, 0.05) is 11.6 Å². The maximum absolute atomic E-state index is 11.4. The van der Waals surface area contributed by atoms with Crippen molar-refractivity contribution >= 4 is 16.9 Å². The zero-order chi connectivity index (χ0) is 13.5. The second kappa shape index (κ2) is 4.23. The fourth-order valence-electron chi connectivity index (χ4n) is 2.39. The van der Waals surface area contributed by atoms with E-state index in [0.717, 1.165) is 22.9 Å². The minimum absolute atomic E-state index is 0.567. The molecule has 1 saturated carbocycles. The van der Waals surface area contributed by atoms with Gasteiger partial charge < -0.3 is 9.84 Å². The average molecular weight is 257 g/mol. The van der Waals surface area contributed by atoms with E-state index in [0.29, 0.717) is 18.6 Å². The van der Waals surface area contributed by atoms with Gasteiger partial charge in [0.1, 0.15) is 5.75 Å². The molecule has 0 saturated heterocycles. The van der Waals surface area contributed by atoms with E-state index in [-0.39, 0.29) is 0 Å². The molecule has 0 spiro atoms. The van der Waals surface area contributed by atoms with Gasteiger partial charge in [0.2, 0.25) is 5.60 Å². The van der Waals surface area contributed by atoms with Crippen LogP contribution < -0.4 is 4.74 Å². The van der Waals surface area contributed by atoms with Gasteiger partial charge in [0.15, 0.2) is 0 Å². The molecule has 0 atom stereocenters. The van der Waals surface area contributed by atoms with Gasteiger partial charge in [-0.2, -0.15) is 0 Å². The lowest BCUT2D eigenvalue weighted by atomic mass is 9.80. The number of benzene rings is 1. The maximum atomic E-state index is 11.4. The largest absolute Gasteiger partial charge is 0.478 e. The van der Waals surface area contributed by atoms with E-state index >= 15 is 0 Å². The summed E-state index contributed by atoms with van der Waals surface area (Å²) in [5, 5.41) is 10.2. The van der Waals surface area contributed by atoms with Crippen molar-refractivity contribution in [1.82, 2.24) is 4.98 Å². The summed E-state index contributed by atoms with van der Waals surface area (Å²) < 4.78 is 5.83. The Hall–Kier alpha value is -2.10. The van der Waals surface area contributed by atoms with Gasteiger partial charge in [-0.15, -0.1) is 0 Å². The number of carbonyl (C=O) groups is 1. The summed E-state index contributed by atoms with van der Waals surface area (Å²) in [6, 6.07) is 7.62. The number of hydrogen-bond acceptors (Lipinski definition) is 3. The third-order valence-corrected chi connectivity index (χ3v) is 3.71. The van der Waals surface area contributed by atoms with Crippen molar-refractivity contribution in [3.8, 4) is 5.75 Å². The van der Waals surface area contributed by atoms with Crippen molar-refractivity contribution in [1.29, 1.82) is 0 Å². The summed E-state index contributed by atoms with van der Waals surface area (Å²) in [5.41, 5.74) is 0.879. The van der Waals surface area contributed by atoms with Crippen molar-refractivity contribution in [3.05, 3.63) is 36.0 Å². The number of carboxylic acid groups (broad SMARTS) is 1. The minimum atomic E-state index is -1.04. The molecule has 1 aliphatic rings. The minimum Gasteiger partial charge on any atom is -0.478 e. The molecule has 1 aromatic heterocycles. The van der Waals surface area contributed by atoms with E-state index in [1.54, 1.807) is 12.3 Å². The predicted octanol–water partition coefficient (Wildman–Crippen LogP) is 2.93. The summed E-state index contributed by atoms with van der Waals surface area (Å²) in [6.45, 7) is 1.99. The van der Waals surface area contributed by atoms with Crippen LogP contribution in [0.15, 0.2) is 30.5 Å². The van der Waals surface area contributed by atoms with Crippen LogP contribution in [0.4, 0.5) is 0 Å². The average Bonchev–Trinajstić information content (AvgIpc) is 2.33. The molecule has 19 heavy (non-hydrogen) atoms. The third kappa shape index (κ3) is 1.93. The van der Waals surface area contributed by atoms with Gasteiger partial charge >= 0.3 is 5.97 Å². The fourth-order valence-corrected chi connectivity index (χ4v) is 2.39. The van der Waals surface area contributed by atoms with E-state index in [2.05, 4.69) is 4.98 Å². The van der Waals surface area contributed by atoms with Crippen molar-refractivity contribution < 1.29 is 14.6 Å². The number of aliphatic carboxylic acids is 1. The molecule has 4 nitrogen and oxygen atoms in total. The molecule has 0 aliphatic heterocycles. The lowest BCUT2D eigenvalue weighted by molar-refractivity contribution is -0.163. The Labute approximate surface area is 111 Å². The highest BCUT2D eigenvalue weighted by Crippen LogP contribution is 2.38. The summed E-state index contributed by atoms with van der Waals surface area (Å²) in [7, 11) is 0. The molecule has 0 bridgehead atoms. The second-order valence-corrected chi connectivity index (χ2v) is 5.08. The van der Waals surface area contributed by atoms with Crippen molar-refractivity contribution in [2.24, 2.45) is 0 Å². The van der Waals surface area contributed by atoms with Crippen LogP contribution in [0, 0.1) is 6.92 Å². The summed E-state index contributed by atoms with van der Waals surface area (Å²) >= 11 is 0. The van der Waals surface area contributed by atoms with Crippen LogP contribution in [0.5, 0.6) is 5.75 Å². The van der Waals surface area contributed by atoms with E-state index < -0.39 is 11.6 Å². The van der Waals surface area contributed by atoms with Gasteiger partial charge in [-0.1, -0.05) is 11.6 Å². The lowest BCUT2D eigenvalue weighted by Gasteiger charge is -2.37. The Morgan fingerprint density at radius 1 is 1.37 bits per heavy atom. The van der Waals surface area contributed by atoms with Gasteiger partial charge in [0.05, 0.1) is 5.52 Å². The summed E-state index contributed by atoms with van der Waals surface area (Å²) in [6.07, 6.45) is 3.69. The molecule has 3 rings (SSSR count). The van der Waals surface area contributed by atoms with Crippen LogP contribution in [-0.2, 0) is 4.79 Å². The number of aryl methyl sites for hydroxylation is 1. The lowest BCUT2D eigenvalue weighted by Crippen LogP contribution is -2.50. The molecule has 1 aromatic carbocycles. The van der Waals surface area contributed by atoms with Crippen LogP contribution in [0.25, 0.3) is 10.9 Å². The standard InChI is InChI=1S/C15H15NO3/c1-10-3-4-12-11(9-10)13(5-8-16-12)19-15(14(17)18)6-2-7-15/h3-5,8-9H,2,6-7H2,1H3,(H,17,18). The smallest absolute Gasteiger partial charge is 0.348 e. The quantitative estimate of drug-likeness (QED) is 0.918. The van der Waals surface area contributed by atoms with Gasteiger partial charge in [-0.3, -0.25) is 4.98 Å². The second-order valence-electron chi connectivity index (χ2n) is 5.08. The van der Waals surface area contributed by atoms with Crippen LogP contribution in [0.2, 0.25) is 0 Å². The molecule has 0 amide bonds. The highest BCUT2D eigenvalue weighted by molar-refractivity contribution is 5.86. The molecule has 0 unspecified atom stereocenters. The van der Waals surface area contributed by atoms with Gasteiger partial charge in [-0.25, -0.2) is 4.79 Å². The van der Waals surface area contributed by atoms with E-state index in [1.165, 1.54) is 0 Å². The summed E-state index contributed by atoms with van der Waals surface area (Å²) in [4.78, 5) is 15.6. The van der Waals surface area contributed by atoms with Crippen LogP contribution in [0.3, 0.4) is 0 Å². The SMILES string of the molecule is Cc1ccc2nccc(OC3(C(=O)O)CCC3)c2c1. The van der Waals surface area contributed by atoms with Gasteiger partial charge in [0.25, 0.3) is 0 Å². The number of carboxylic acids is 1. The van der Waals surface area contributed by atoms with Crippen molar-refractivity contribution in [2.75, 3.05) is 0 Å². The molecule has 1 fully saturated rings. The van der Waals surface area contributed by atoms with Crippen LogP contribution in [-0.4, -0.2) is 21.7 Å². The molecule has 1 heterocycles. The number of nitrogens with zero attached hydrogens (tertiary/aromatic N) is 1. The van der Waals surface area contributed by atoms with Gasteiger partial charge in [-0.05, 0) is 44.4 Å². The molecule has 1 N–H and O–H groups in total. The van der Waals surface area contributed by atoms with Crippen LogP contribution >= 0.6 is 0 Å². The predicted molar refractivity (Wildman–Crippen MR) is 71.3 cm³/mol. The number of pyridine rings is 1. The van der Waals surface area contributed by atoms with E-state index in [9.17, 15) is 9.90 Å². The normalized spacial score (nSPS) is 16.9. The Morgan fingerprint density at radius 3 is 2.79 bits per heavy atom. The Balaban J connectivity index is 2.05. The molecule has 0 radical (unpaired) electrons. The Kier molecular flexibility index (Phi) is 2.66. The molecule has 98 valence electrons. The monoisotopic (exact) mass is 257 g/mol. The number of hydrogen-bond donors (Lipinski definition) is 1. The molecular weight excluding hydrogens is 242 g/mol. The molecular formula is C15H15NO3. The first kappa shape index (κ1) is 12.0. The summed E-state index contributed by atoms with van der Waals surface area (Å²) in [5.74, 6) is -0.271. The first-order valence-corrected chi connectivity index (χ1v) is 6.38. The third-order valence-electron chi connectivity index (χ3n) is 3.71. The topological polar surface area (TPSA) is 59.4 Å².